The van der Waals surface area contributed by atoms with Crippen molar-refractivity contribution >= 4 is 23.9 Å². The summed E-state index contributed by atoms with van der Waals surface area (Å²) in [6.07, 6.45) is 0. The zero-order valence-corrected chi connectivity index (χ0v) is 12.9. The van der Waals surface area contributed by atoms with Crippen LogP contribution in [0.15, 0.2) is 54.6 Å². The van der Waals surface area contributed by atoms with Crippen LogP contribution in [-0.4, -0.2) is 19.9 Å². The molecule has 0 saturated carbocycles. The van der Waals surface area contributed by atoms with Crippen LogP contribution in [0.5, 0.6) is 0 Å². The maximum Gasteiger partial charge on any atom is 0.170 e. The highest BCUT2D eigenvalue weighted by Crippen LogP contribution is 2.22. The van der Waals surface area contributed by atoms with E-state index in [9.17, 15) is 4.79 Å². The van der Waals surface area contributed by atoms with Crippen LogP contribution in [0.25, 0.3) is 0 Å². The summed E-state index contributed by atoms with van der Waals surface area (Å²) < 4.78 is 0. The first kappa shape index (κ1) is 16.3. The number of hydrogen-bond donors (Lipinski definition) is 0. The molecule has 1 unspecified atom stereocenters. The van der Waals surface area contributed by atoms with E-state index in [0.29, 0.717) is 0 Å². The van der Waals surface area contributed by atoms with Crippen molar-refractivity contribution in [1.29, 1.82) is 0 Å². The van der Waals surface area contributed by atoms with E-state index in [4.69, 9.17) is 0 Å². The SMILES string of the molecule is CC(C(=O)c1ccccc1)c1ccc(N(C)C)cc1.Cl. The number of carbonyl (C=O) groups is 1. The molecule has 2 aromatic carbocycles. The molecule has 0 aliphatic heterocycles. The van der Waals surface area contributed by atoms with E-state index in [-0.39, 0.29) is 24.1 Å². The van der Waals surface area contributed by atoms with Gasteiger partial charge in [-0.15, -0.1) is 12.4 Å². The lowest BCUT2D eigenvalue weighted by molar-refractivity contribution is 0.0966. The molecule has 2 aromatic rings. The number of ketones is 1. The predicted molar refractivity (Wildman–Crippen MR) is 87.2 cm³/mol. The number of halogens is 1. The van der Waals surface area contributed by atoms with E-state index in [1.165, 1.54) is 0 Å². The second kappa shape index (κ2) is 7.11. The molecular weight excluding hydrogens is 270 g/mol. The van der Waals surface area contributed by atoms with Crippen LogP contribution < -0.4 is 4.90 Å². The van der Waals surface area contributed by atoms with Gasteiger partial charge in [0.05, 0.1) is 0 Å². The Bertz CT molecular complexity index is 549. The lowest BCUT2D eigenvalue weighted by atomic mass is 9.92. The Morgan fingerprint density at radius 2 is 1.50 bits per heavy atom. The third kappa shape index (κ3) is 3.61. The van der Waals surface area contributed by atoms with E-state index >= 15 is 0 Å². The summed E-state index contributed by atoms with van der Waals surface area (Å²) in [4.78, 5) is 14.4. The van der Waals surface area contributed by atoms with Gasteiger partial charge in [-0.25, -0.2) is 0 Å². The first-order valence-electron chi connectivity index (χ1n) is 6.46. The van der Waals surface area contributed by atoms with E-state index < -0.39 is 0 Å². The van der Waals surface area contributed by atoms with Crippen LogP contribution >= 0.6 is 12.4 Å². The van der Waals surface area contributed by atoms with Crippen molar-refractivity contribution in [3.63, 3.8) is 0 Å². The Kier molecular flexibility index (Phi) is 5.78. The van der Waals surface area contributed by atoms with Crippen molar-refractivity contribution in [3.8, 4) is 0 Å². The highest BCUT2D eigenvalue weighted by molar-refractivity contribution is 6.00. The first-order chi connectivity index (χ1) is 9.09. The Balaban J connectivity index is 0.00000200. The van der Waals surface area contributed by atoms with Gasteiger partial charge in [-0.2, -0.15) is 0 Å². The maximum atomic E-state index is 12.4. The number of Topliss-reactive ketones (excluding diaryl/α,β-unsaturated/α-hetero) is 1. The Hall–Kier alpha value is -1.80. The van der Waals surface area contributed by atoms with Crippen molar-refractivity contribution in [2.24, 2.45) is 0 Å². The zero-order valence-electron chi connectivity index (χ0n) is 12.0. The molecule has 0 bridgehead atoms. The molecule has 0 aliphatic rings. The van der Waals surface area contributed by atoms with Crippen LogP contribution in [0, 0.1) is 0 Å². The molecule has 0 N–H and O–H groups in total. The number of rotatable bonds is 4. The normalized spacial score (nSPS) is 11.3. The smallest absolute Gasteiger partial charge is 0.170 e. The number of benzene rings is 2. The third-order valence-electron chi connectivity index (χ3n) is 3.36. The van der Waals surface area contributed by atoms with E-state index in [2.05, 4.69) is 0 Å². The highest BCUT2D eigenvalue weighted by atomic mass is 35.5. The lowest BCUT2D eigenvalue weighted by Gasteiger charge is -2.15. The van der Waals surface area contributed by atoms with Crippen molar-refractivity contribution in [3.05, 3.63) is 65.7 Å². The molecule has 0 heterocycles. The van der Waals surface area contributed by atoms with Crippen LogP contribution in [0.3, 0.4) is 0 Å². The third-order valence-corrected chi connectivity index (χ3v) is 3.36. The maximum absolute atomic E-state index is 12.4. The number of anilines is 1. The number of nitrogens with zero attached hydrogens (tertiary/aromatic N) is 1. The molecule has 0 saturated heterocycles. The minimum Gasteiger partial charge on any atom is -0.378 e. The van der Waals surface area contributed by atoms with Crippen LogP contribution in [-0.2, 0) is 0 Å². The first-order valence-corrected chi connectivity index (χ1v) is 6.46. The van der Waals surface area contributed by atoms with E-state index in [1.54, 1.807) is 0 Å². The summed E-state index contributed by atoms with van der Waals surface area (Å²) in [7, 11) is 4.01. The largest absolute Gasteiger partial charge is 0.378 e. The molecular formula is C17H20ClNO. The van der Waals surface area contributed by atoms with Crippen molar-refractivity contribution in [2.75, 3.05) is 19.0 Å². The van der Waals surface area contributed by atoms with E-state index in [1.807, 2.05) is 80.5 Å². The van der Waals surface area contributed by atoms with Gasteiger partial charge in [-0.05, 0) is 17.7 Å². The van der Waals surface area contributed by atoms with Crippen LogP contribution in [0.2, 0.25) is 0 Å². The molecule has 0 fully saturated rings. The number of hydrogen-bond acceptors (Lipinski definition) is 2. The second-order valence-electron chi connectivity index (χ2n) is 4.94. The summed E-state index contributed by atoms with van der Waals surface area (Å²) in [6.45, 7) is 1.96. The Morgan fingerprint density at radius 3 is 2.00 bits per heavy atom. The Morgan fingerprint density at radius 1 is 0.950 bits per heavy atom. The van der Waals surface area contributed by atoms with Gasteiger partial charge in [-0.1, -0.05) is 49.4 Å². The van der Waals surface area contributed by atoms with Crippen LogP contribution in [0.4, 0.5) is 5.69 Å². The van der Waals surface area contributed by atoms with Gasteiger partial charge in [0.15, 0.2) is 5.78 Å². The summed E-state index contributed by atoms with van der Waals surface area (Å²) in [5, 5.41) is 0. The molecule has 3 heteroatoms. The van der Waals surface area contributed by atoms with Gasteiger partial charge in [-0.3, -0.25) is 4.79 Å². The summed E-state index contributed by atoms with van der Waals surface area (Å²) in [6, 6.07) is 17.6. The topological polar surface area (TPSA) is 20.3 Å². The zero-order chi connectivity index (χ0) is 13.8. The fraction of sp³-hybridized carbons (Fsp3) is 0.235. The molecule has 0 aliphatic carbocycles. The standard InChI is InChI=1S/C17H19NO.ClH/c1-13(17(19)15-7-5-4-6-8-15)14-9-11-16(12-10-14)18(2)3;/h4-13H,1-3H3;1H. The minimum atomic E-state index is -0.112. The van der Waals surface area contributed by atoms with Crippen molar-refractivity contribution in [2.45, 2.75) is 12.8 Å². The van der Waals surface area contributed by atoms with Gasteiger partial charge >= 0.3 is 0 Å². The quantitative estimate of drug-likeness (QED) is 0.788. The van der Waals surface area contributed by atoms with E-state index in [0.717, 1.165) is 16.8 Å². The second-order valence-corrected chi connectivity index (χ2v) is 4.94. The molecule has 1 atom stereocenters. The molecule has 0 radical (unpaired) electrons. The van der Waals surface area contributed by atoms with Gasteiger partial charge in [0, 0.05) is 31.3 Å². The molecule has 2 nitrogen and oxygen atoms in total. The lowest BCUT2D eigenvalue weighted by Crippen LogP contribution is -2.11. The molecule has 106 valence electrons. The van der Waals surface area contributed by atoms with Crippen molar-refractivity contribution in [1.82, 2.24) is 0 Å². The fourth-order valence-electron chi connectivity index (χ4n) is 2.06. The van der Waals surface area contributed by atoms with Gasteiger partial charge < -0.3 is 4.90 Å². The van der Waals surface area contributed by atoms with Gasteiger partial charge in [0.25, 0.3) is 0 Å². The molecule has 0 aromatic heterocycles. The summed E-state index contributed by atoms with van der Waals surface area (Å²) in [5.41, 5.74) is 2.97. The average molecular weight is 290 g/mol. The highest BCUT2D eigenvalue weighted by Gasteiger charge is 2.16. The average Bonchev–Trinajstić information content (AvgIpc) is 2.46. The van der Waals surface area contributed by atoms with Gasteiger partial charge in [0.1, 0.15) is 0 Å². The number of carbonyl (C=O) groups excluding carboxylic acids is 1. The molecule has 0 spiro atoms. The Labute approximate surface area is 126 Å². The molecule has 2 rings (SSSR count). The van der Waals surface area contributed by atoms with Crippen LogP contribution in [0.1, 0.15) is 28.8 Å². The van der Waals surface area contributed by atoms with Crippen molar-refractivity contribution < 1.29 is 4.79 Å². The van der Waals surface area contributed by atoms with Gasteiger partial charge in [0.2, 0.25) is 0 Å². The molecule has 20 heavy (non-hydrogen) atoms. The minimum absolute atomic E-state index is 0. The fourth-order valence-corrected chi connectivity index (χ4v) is 2.06. The monoisotopic (exact) mass is 289 g/mol. The molecule has 0 amide bonds. The summed E-state index contributed by atoms with van der Waals surface area (Å²) >= 11 is 0. The summed E-state index contributed by atoms with van der Waals surface area (Å²) in [5.74, 6) is 0.0526. The predicted octanol–water partition coefficient (Wildman–Crippen LogP) is 4.16.